The van der Waals surface area contributed by atoms with E-state index in [1.54, 1.807) is 0 Å². The highest BCUT2D eigenvalue weighted by molar-refractivity contribution is 5.90. The molecule has 0 saturated heterocycles. The molecule has 0 bridgehead atoms. The highest BCUT2D eigenvalue weighted by Gasteiger charge is 1.93. The number of benzene rings is 3. The van der Waals surface area contributed by atoms with E-state index in [0.29, 0.717) is 0 Å². The molecule has 3 rings (SSSR count). The van der Waals surface area contributed by atoms with Gasteiger partial charge in [-0.25, -0.2) is 0 Å². The summed E-state index contributed by atoms with van der Waals surface area (Å²) in [6.07, 6.45) is 4.06. The number of hydrogen-bond donors (Lipinski definition) is 0. The average Bonchev–Trinajstić information content (AvgIpc) is 2.55. The van der Waals surface area contributed by atoms with E-state index < -0.39 is 0 Å². The zero-order valence-corrected chi connectivity index (χ0v) is 13.3. The molecule has 0 amide bonds. The van der Waals surface area contributed by atoms with Crippen LogP contribution in [-0.2, 0) is 0 Å². The van der Waals surface area contributed by atoms with E-state index in [4.69, 9.17) is 0 Å². The first kappa shape index (κ1) is 15.8. The highest BCUT2D eigenvalue weighted by atomic mass is 14.0. The van der Waals surface area contributed by atoms with Gasteiger partial charge in [-0.1, -0.05) is 97.1 Å². The molecular weight excluding hydrogens is 264 g/mol. The number of allylic oxidation sites excluding steroid dienone is 1. The van der Waals surface area contributed by atoms with Crippen LogP contribution in [-0.4, -0.2) is 0 Å². The third-order valence-corrected chi connectivity index (χ3v) is 3.30. The van der Waals surface area contributed by atoms with Crippen molar-refractivity contribution in [1.29, 1.82) is 0 Å². The van der Waals surface area contributed by atoms with Crippen molar-refractivity contribution in [3.63, 3.8) is 0 Å². The summed E-state index contributed by atoms with van der Waals surface area (Å²) in [7, 11) is 0. The summed E-state index contributed by atoms with van der Waals surface area (Å²) >= 11 is 0. The van der Waals surface area contributed by atoms with Crippen molar-refractivity contribution in [2.24, 2.45) is 0 Å². The number of hydrogen-bond acceptors (Lipinski definition) is 0. The van der Waals surface area contributed by atoms with Gasteiger partial charge in [-0.3, -0.25) is 0 Å². The van der Waals surface area contributed by atoms with Crippen LogP contribution in [0.5, 0.6) is 0 Å². The minimum Gasteiger partial charge on any atom is -0.0984 e. The average molecular weight is 286 g/mol. The second-order valence-corrected chi connectivity index (χ2v) is 5.40. The fourth-order valence-corrected chi connectivity index (χ4v) is 2.31. The molecule has 0 spiro atoms. The van der Waals surface area contributed by atoms with Gasteiger partial charge in [0.15, 0.2) is 0 Å². The second-order valence-electron chi connectivity index (χ2n) is 5.40. The van der Waals surface area contributed by atoms with Crippen molar-refractivity contribution < 1.29 is 0 Å². The smallest absolute Gasteiger partial charge is 0.0112 e. The molecule has 0 heteroatoms. The lowest BCUT2D eigenvalue weighted by Gasteiger charge is -1.99. The van der Waals surface area contributed by atoms with Crippen LogP contribution in [0.25, 0.3) is 22.9 Å². The maximum absolute atomic E-state index is 3.78. The number of rotatable bonds is 2. The van der Waals surface area contributed by atoms with Crippen molar-refractivity contribution in [2.45, 2.75) is 13.8 Å². The standard InChI is InChI=1S/C12H10.C10H12/c1-2-10-7-5-8-11-6-3-4-9-12(10)11;1-9(2)8-10-6-4-3-5-7-10/h2-9H,1H2;3-8H,1-2H3. The summed E-state index contributed by atoms with van der Waals surface area (Å²) in [5.74, 6) is 0. The van der Waals surface area contributed by atoms with Gasteiger partial charge in [0.2, 0.25) is 0 Å². The van der Waals surface area contributed by atoms with Crippen LogP contribution in [0.3, 0.4) is 0 Å². The Morgan fingerprint density at radius 2 is 1.41 bits per heavy atom. The zero-order chi connectivity index (χ0) is 15.8. The Morgan fingerprint density at radius 1 is 0.773 bits per heavy atom. The molecular formula is C22H22. The fourth-order valence-electron chi connectivity index (χ4n) is 2.31. The summed E-state index contributed by atoms with van der Waals surface area (Å²) < 4.78 is 0. The van der Waals surface area contributed by atoms with Gasteiger partial charge >= 0.3 is 0 Å². The minimum absolute atomic E-state index is 1.20. The fraction of sp³-hybridized carbons (Fsp3) is 0.0909. The van der Waals surface area contributed by atoms with Gasteiger partial charge in [-0.05, 0) is 35.7 Å². The molecule has 0 saturated carbocycles. The van der Waals surface area contributed by atoms with E-state index in [1.165, 1.54) is 27.5 Å². The Bertz CT molecular complexity index is 755. The predicted molar refractivity (Wildman–Crippen MR) is 99.8 cm³/mol. The Labute approximate surface area is 133 Å². The molecule has 3 aromatic carbocycles. The van der Waals surface area contributed by atoms with E-state index in [-0.39, 0.29) is 0 Å². The monoisotopic (exact) mass is 286 g/mol. The van der Waals surface area contributed by atoms with Crippen LogP contribution >= 0.6 is 0 Å². The first-order chi connectivity index (χ1) is 10.7. The quantitative estimate of drug-likeness (QED) is 0.498. The minimum atomic E-state index is 1.20. The van der Waals surface area contributed by atoms with Crippen LogP contribution in [0.1, 0.15) is 25.0 Å². The van der Waals surface area contributed by atoms with Gasteiger partial charge in [-0.15, -0.1) is 0 Å². The van der Waals surface area contributed by atoms with Gasteiger partial charge in [0, 0.05) is 0 Å². The topological polar surface area (TPSA) is 0 Å². The molecule has 0 heterocycles. The highest BCUT2D eigenvalue weighted by Crippen LogP contribution is 2.18. The molecule has 22 heavy (non-hydrogen) atoms. The maximum atomic E-state index is 3.78. The Balaban J connectivity index is 0.000000164. The summed E-state index contributed by atoms with van der Waals surface area (Å²) in [5.41, 5.74) is 3.82. The third kappa shape index (κ3) is 4.46. The molecule has 0 N–H and O–H groups in total. The molecule has 0 unspecified atom stereocenters. The molecule has 0 aliphatic carbocycles. The first-order valence-corrected chi connectivity index (χ1v) is 7.51. The maximum Gasteiger partial charge on any atom is -0.0112 e. The molecule has 3 aromatic rings. The molecule has 0 aromatic heterocycles. The molecule has 0 atom stereocenters. The molecule has 0 radical (unpaired) electrons. The van der Waals surface area contributed by atoms with Gasteiger partial charge in [0.25, 0.3) is 0 Å². The van der Waals surface area contributed by atoms with Crippen LogP contribution in [0.4, 0.5) is 0 Å². The van der Waals surface area contributed by atoms with Crippen molar-refractivity contribution in [1.82, 2.24) is 0 Å². The van der Waals surface area contributed by atoms with Crippen LogP contribution in [0, 0.1) is 0 Å². The van der Waals surface area contributed by atoms with Crippen LogP contribution in [0.2, 0.25) is 0 Å². The van der Waals surface area contributed by atoms with Crippen molar-refractivity contribution in [3.8, 4) is 0 Å². The van der Waals surface area contributed by atoms with E-state index in [0.717, 1.165) is 0 Å². The Morgan fingerprint density at radius 3 is 2.09 bits per heavy atom. The largest absolute Gasteiger partial charge is 0.0984 e. The lowest BCUT2D eigenvalue weighted by atomic mass is 10.1. The zero-order valence-electron chi connectivity index (χ0n) is 13.3. The van der Waals surface area contributed by atoms with Crippen molar-refractivity contribution >= 4 is 22.9 Å². The van der Waals surface area contributed by atoms with Gasteiger partial charge in [0.1, 0.15) is 0 Å². The second kappa shape index (κ2) is 7.99. The van der Waals surface area contributed by atoms with Gasteiger partial charge < -0.3 is 0 Å². The molecule has 0 aliphatic rings. The predicted octanol–water partition coefficient (Wildman–Crippen LogP) is 6.59. The summed E-state index contributed by atoms with van der Waals surface area (Å²) in [6.45, 7) is 7.99. The van der Waals surface area contributed by atoms with E-state index >= 15 is 0 Å². The summed E-state index contributed by atoms with van der Waals surface area (Å²) in [4.78, 5) is 0. The molecule has 110 valence electrons. The molecule has 0 fully saturated rings. The summed E-state index contributed by atoms with van der Waals surface area (Å²) in [6, 6.07) is 24.9. The normalized spacial score (nSPS) is 9.55. The third-order valence-electron chi connectivity index (χ3n) is 3.30. The SMILES string of the molecule is C=Cc1cccc2ccccc12.CC(C)=Cc1ccccc1. The molecule has 0 aliphatic heterocycles. The van der Waals surface area contributed by atoms with E-state index in [1.807, 2.05) is 12.1 Å². The van der Waals surface area contributed by atoms with E-state index in [9.17, 15) is 0 Å². The lowest BCUT2D eigenvalue weighted by molar-refractivity contribution is 1.42. The first-order valence-electron chi connectivity index (χ1n) is 7.51. The van der Waals surface area contributed by atoms with Crippen molar-refractivity contribution in [3.05, 3.63) is 96.1 Å². The molecule has 0 nitrogen and oxygen atoms in total. The Kier molecular flexibility index (Phi) is 5.73. The van der Waals surface area contributed by atoms with Crippen LogP contribution in [0.15, 0.2) is 84.9 Å². The number of fused-ring (bicyclic) bond motifs is 1. The van der Waals surface area contributed by atoms with Gasteiger partial charge in [0.05, 0.1) is 0 Å². The lowest BCUT2D eigenvalue weighted by Crippen LogP contribution is -1.75. The van der Waals surface area contributed by atoms with Crippen molar-refractivity contribution in [2.75, 3.05) is 0 Å². The Hall–Kier alpha value is -2.60. The summed E-state index contributed by atoms with van der Waals surface area (Å²) in [5, 5.41) is 2.55. The van der Waals surface area contributed by atoms with E-state index in [2.05, 4.69) is 93.2 Å². The van der Waals surface area contributed by atoms with Crippen LogP contribution < -0.4 is 0 Å². The van der Waals surface area contributed by atoms with Gasteiger partial charge in [-0.2, -0.15) is 0 Å².